The van der Waals surface area contributed by atoms with Gasteiger partial charge in [-0.1, -0.05) is 64.1 Å². The molecule has 0 atom stereocenters. The van der Waals surface area contributed by atoms with Crippen molar-refractivity contribution >= 4 is 39.2 Å². The number of rotatable bonds is 3. The number of thioether (sulfide) groups is 1. The number of halogens is 1. The van der Waals surface area contributed by atoms with Gasteiger partial charge >= 0.3 is 0 Å². The highest BCUT2D eigenvalue weighted by Crippen LogP contribution is 2.34. The van der Waals surface area contributed by atoms with E-state index in [1.807, 2.05) is 48.7 Å². The second-order valence-corrected chi connectivity index (χ2v) is 6.95. The Morgan fingerprint density at radius 1 is 1.17 bits per heavy atom. The maximum Gasteiger partial charge on any atom is 0.207 e. The number of Topliss-reactive ketones (excluding diaryl/α,β-unsaturated/α-hetero) is 1. The normalized spacial score (nSPS) is 15.3. The van der Waals surface area contributed by atoms with Crippen LogP contribution in [-0.4, -0.2) is 5.78 Å². The molecule has 1 aliphatic rings. The van der Waals surface area contributed by atoms with Crippen LogP contribution in [0.2, 0.25) is 0 Å². The molecule has 3 nitrogen and oxygen atoms in total. The quantitative estimate of drug-likeness (QED) is 0.449. The van der Waals surface area contributed by atoms with Gasteiger partial charge in [-0.2, -0.15) is 5.26 Å². The number of ketones is 1. The molecule has 0 radical (unpaired) electrons. The van der Waals surface area contributed by atoms with Gasteiger partial charge in [0.05, 0.1) is 10.7 Å². The lowest BCUT2D eigenvalue weighted by molar-refractivity contribution is 0.103. The number of carbonyl (C=O) groups is 1. The highest BCUT2D eigenvalue weighted by molar-refractivity contribution is 9.10. The Morgan fingerprint density at radius 3 is 2.58 bits per heavy atom. The average molecular weight is 397 g/mol. The van der Waals surface area contributed by atoms with Crippen molar-refractivity contribution in [2.45, 2.75) is 6.92 Å². The van der Waals surface area contributed by atoms with Gasteiger partial charge in [-0.3, -0.25) is 4.79 Å². The summed E-state index contributed by atoms with van der Waals surface area (Å²) in [6.45, 7) is 2.03. The molecule has 0 spiro atoms. The first-order valence-electron chi connectivity index (χ1n) is 7.25. The van der Waals surface area contributed by atoms with Crippen molar-refractivity contribution in [3.05, 3.63) is 85.7 Å². The Bertz CT molecular complexity index is 925. The zero-order chi connectivity index (χ0) is 17.1. The van der Waals surface area contributed by atoms with Crippen molar-refractivity contribution in [1.29, 1.82) is 5.26 Å². The van der Waals surface area contributed by atoms with Crippen LogP contribution in [0.5, 0.6) is 0 Å². The van der Waals surface area contributed by atoms with Crippen molar-refractivity contribution in [3.8, 4) is 6.07 Å². The molecular formula is C19H13BrN2OS. The summed E-state index contributed by atoms with van der Waals surface area (Å²) in [7, 11) is 0. The molecule has 0 unspecified atom stereocenters. The Balaban J connectivity index is 1.93. The highest BCUT2D eigenvalue weighted by atomic mass is 79.9. The Kier molecular flexibility index (Phi) is 4.89. The summed E-state index contributed by atoms with van der Waals surface area (Å²) >= 11 is 4.73. The molecule has 3 rings (SSSR count). The molecule has 0 aliphatic carbocycles. The molecule has 0 fully saturated rings. The van der Waals surface area contributed by atoms with Gasteiger partial charge in [0.1, 0.15) is 11.6 Å². The summed E-state index contributed by atoms with van der Waals surface area (Å²) < 4.78 is 0.679. The van der Waals surface area contributed by atoms with Crippen molar-refractivity contribution in [2.75, 3.05) is 0 Å². The van der Waals surface area contributed by atoms with Crippen LogP contribution in [0.3, 0.4) is 0 Å². The molecular weight excluding hydrogens is 384 g/mol. The molecule has 0 bridgehead atoms. The van der Waals surface area contributed by atoms with Crippen molar-refractivity contribution in [3.63, 3.8) is 0 Å². The van der Waals surface area contributed by atoms with Gasteiger partial charge in [-0.05, 0) is 24.6 Å². The fraction of sp³-hybridized carbons (Fsp3) is 0.0526. The van der Waals surface area contributed by atoms with E-state index < -0.39 is 0 Å². The molecule has 24 heavy (non-hydrogen) atoms. The van der Waals surface area contributed by atoms with E-state index in [0.29, 0.717) is 15.1 Å². The van der Waals surface area contributed by atoms with E-state index in [1.165, 1.54) is 11.8 Å². The molecule has 118 valence electrons. The number of carbonyl (C=O) groups excluding carboxylic acids is 1. The summed E-state index contributed by atoms with van der Waals surface area (Å²) in [5.74, 6) is -0.292. The Hall–Kier alpha value is -2.29. The molecule has 0 aromatic heterocycles. The van der Waals surface area contributed by atoms with Crippen LogP contribution in [0.25, 0.3) is 5.70 Å². The summed E-state index contributed by atoms with van der Waals surface area (Å²) in [5, 5.41) is 15.2. The van der Waals surface area contributed by atoms with Gasteiger partial charge in [0.25, 0.3) is 0 Å². The van der Waals surface area contributed by atoms with Crippen LogP contribution < -0.4 is 5.32 Å². The van der Waals surface area contributed by atoms with E-state index in [-0.39, 0.29) is 11.4 Å². The van der Waals surface area contributed by atoms with Crippen molar-refractivity contribution < 1.29 is 4.79 Å². The third-order valence-electron chi connectivity index (χ3n) is 3.66. The topological polar surface area (TPSA) is 52.9 Å². The van der Waals surface area contributed by atoms with Gasteiger partial charge in [-0.15, -0.1) is 0 Å². The smallest absolute Gasteiger partial charge is 0.207 e. The van der Waals surface area contributed by atoms with Crippen LogP contribution in [0, 0.1) is 18.3 Å². The van der Waals surface area contributed by atoms with Crippen LogP contribution in [0.1, 0.15) is 21.5 Å². The van der Waals surface area contributed by atoms with Crippen LogP contribution in [0.4, 0.5) is 0 Å². The van der Waals surface area contributed by atoms with Gasteiger partial charge in [-0.25, -0.2) is 0 Å². The summed E-state index contributed by atoms with van der Waals surface area (Å²) in [6, 6.07) is 17.2. The fourth-order valence-corrected chi connectivity index (χ4v) is 3.72. The minimum atomic E-state index is -0.292. The predicted octanol–water partition coefficient (Wildman–Crippen LogP) is 5.01. The monoisotopic (exact) mass is 396 g/mol. The minimum Gasteiger partial charge on any atom is -0.348 e. The van der Waals surface area contributed by atoms with E-state index in [0.717, 1.165) is 16.8 Å². The highest BCUT2D eigenvalue weighted by Gasteiger charge is 2.23. The zero-order valence-electron chi connectivity index (χ0n) is 12.8. The van der Waals surface area contributed by atoms with Crippen LogP contribution >= 0.6 is 27.7 Å². The van der Waals surface area contributed by atoms with E-state index in [4.69, 9.17) is 0 Å². The van der Waals surface area contributed by atoms with E-state index >= 15 is 0 Å². The van der Waals surface area contributed by atoms with Crippen molar-refractivity contribution in [1.82, 2.24) is 5.32 Å². The molecule has 2 aromatic rings. The van der Waals surface area contributed by atoms with Crippen LogP contribution in [0.15, 0.2) is 69.0 Å². The Labute approximate surface area is 153 Å². The number of hydrogen-bond donors (Lipinski definition) is 1. The number of benzene rings is 2. The molecule has 5 heteroatoms. The predicted molar refractivity (Wildman–Crippen MR) is 101 cm³/mol. The van der Waals surface area contributed by atoms with Gasteiger partial charge in [0.2, 0.25) is 5.78 Å². The lowest BCUT2D eigenvalue weighted by Gasteiger charge is -2.09. The summed E-state index contributed by atoms with van der Waals surface area (Å²) in [4.78, 5) is 12.7. The van der Waals surface area contributed by atoms with E-state index in [2.05, 4.69) is 21.2 Å². The largest absolute Gasteiger partial charge is 0.348 e. The lowest BCUT2D eigenvalue weighted by atomic mass is 10.0. The maximum absolute atomic E-state index is 12.7. The summed E-state index contributed by atoms with van der Waals surface area (Å²) in [6.07, 6.45) is 0. The third kappa shape index (κ3) is 3.16. The van der Waals surface area contributed by atoms with E-state index in [1.54, 1.807) is 18.2 Å². The number of nitriles is 1. The third-order valence-corrected chi connectivity index (χ3v) is 5.25. The zero-order valence-corrected chi connectivity index (χ0v) is 15.2. The molecule has 2 aromatic carbocycles. The molecule has 1 heterocycles. The van der Waals surface area contributed by atoms with Crippen molar-refractivity contribution in [2.24, 2.45) is 0 Å². The average Bonchev–Trinajstić information content (AvgIpc) is 3.05. The minimum absolute atomic E-state index is 0.117. The number of allylic oxidation sites excluding steroid dienone is 1. The number of aryl methyl sites for hydroxylation is 1. The van der Waals surface area contributed by atoms with Crippen LogP contribution in [-0.2, 0) is 0 Å². The SMILES string of the molecule is Cc1ccccc1C1=CSC(=C(C#N)C(=O)c2ccccc2Br)N1. The summed E-state index contributed by atoms with van der Waals surface area (Å²) in [5.41, 5.74) is 3.69. The second kappa shape index (κ2) is 7.08. The number of hydrogen-bond acceptors (Lipinski definition) is 4. The molecule has 0 amide bonds. The molecule has 0 saturated heterocycles. The Morgan fingerprint density at radius 2 is 1.88 bits per heavy atom. The standard InChI is InChI=1S/C19H13BrN2OS/c1-12-6-2-3-7-13(12)17-11-24-19(22-17)15(10-21)18(23)14-8-4-5-9-16(14)20/h2-9,11,22H,1H3. The second-order valence-electron chi connectivity index (χ2n) is 5.21. The first-order chi connectivity index (χ1) is 11.6. The first-order valence-corrected chi connectivity index (χ1v) is 8.92. The number of nitrogens with zero attached hydrogens (tertiary/aromatic N) is 1. The van der Waals surface area contributed by atoms with Gasteiger partial charge in [0, 0.05) is 21.0 Å². The van der Waals surface area contributed by atoms with Gasteiger partial charge < -0.3 is 5.32 Å². The molecule has 0 saturated carbocycles. The molecule has 1 aliphatic heterocycles. The molecule has 1 N–H and O–H groups in total. The number of nitrogens with one attached hydrogen (secondary N) is 1. The van der Waals surface area contributed by atoms with Gasteiger partial charge in [0.15, 0.2) is 0 Å². The lowest BCUT2D eigenvalue weighted by Crippen LogP contribution is -2.12. The first kappa shape index (κ1) is 16.6. The maximum atomic E-state index is 12.7. The van der Waals surface area contributed by atoms with E-state index in [9.17, 15) is 10.1 Å². The fourth-order valence-electron chi connectivity index (χ4n) is 2.41.